The van der Waals surface area contributed by atoms with Crippen molar-refractivity contribution in [1.82, 2.24) is 10.3 Å². The third kappa shape index (κ3) is 4.30. The number of carbonyl (C=O) groups is 1. The maximum atomic E-state index is 12.6. The highest BCUT2D eigenvalue weighted by Crippen LogP contribution is 2.27. The summed E-state index contributed by atoms with van der Waals surface area (Å²) in [5, 5.41) is 24.8. The molecule has 2 N–H and O–H groups in total. The van der Waals surface area contributed by atoms with Gasteiger partial charge in [-0.2, -0.15) is 0 Å². The van der Waals surface area contributed by atoms with E-state index in [1.54, 1.807) is 12.1 Å². The molecule has 2 rings (SSSR count). The van der Waals surface area contributed by atoms with Gasteiger partial charge in [0, 0.05) is 18.8 Å². The lowest BCUT2D eigenvalue weighted by atomic mass is 9.92. The fraction of sp³-hybridized carbons (Fsp3) is 0.444. The molecule has 1 aromatic carbocycles. The second-order valence-electron chi connectivity index (χ2n) is 6.20. The van der Waals surface area contributed by atoms with Crippen molar-refractivity contribution in [2.24, 2.45) is 0 Å². The highest BCUT2D eigenvalue weighted by Gasteiger charge is 2.26. The second-order valence-corrected chi connectivity index (χ2v) is 6.20. The number of amides is 1. The van der Waals surface area contributed by atoms with Crippen molar-refractivity contribution >= 4 is 22.5 Å². The number of fused-ring (bicyclic) bond motifs is 1. The number of hydrogen-bond donors (Lipinski definition) is 2. The number of rotatable bonds is 8. The van der Waals surface area contributed by atoms with Crippen LogP contribution in [0.15, 0.2) is 30.5 Å². The van der Waals surface area contributed by atoms with Crippen LogP contribution < -0.4 is 5.32 Å². The van der Waals surface area contributed by atoms with Crippen molar-refractivity contribution in [2.45, 2.75) is 45.1 Å². The predicted octanol–water partition coefficient (Wildman–Crippen LogP) is 3.20. The first kappa shape index (κ1) is 18.8. The molecule has 0 radical (unpaired) electrons. The first-order valence-corrected chi connectivity index (χ1v) is 8.44. The minimum atomic E-state index is -0.941. The summed E-state index contributed by atoms with van der Waals surface area (Å²) in [5.41, 5.74) is -0.489. The number of nitrogens with zero attached hydrogens (tertiary/aromatic N) is 2. The number of carbonyl (C=O) groups excluding carboxylic acids is 1. The molecule has 7 heteroatoms. The molecule has 0 aliphatic heterocycles. The third-order valence-corrected chi connectivity index (χ3v) is 4.20. The van der Waals surface area contributed by atoms with Gasteiger partial charge in [-0.25, -0.2) is 0 Å². The van der Waals surface area contributed by atoms with Crippen LogP contribution in [0, 0.1) is 10.1 Å². The third-order valence-electron chi connectivity index (χ3n) is 4.20. The zero-order valence-electron chi connectivity index (χ0n) is 14.5. The van der Waals surface area contributed by atoms with Crippen LogP contribution >= 0.6 is 0 Å². The van der Waals surface area contributed by atoms with Crippen LogP contribution in [-0.2, 0) is 0 Å². The van der Waals surface area contributed by atoms with Crippen molar-refractivity contribution in [2.75, 3.05) is 6.54 Å². The van der Waals surface area contributed by atoms with Gasteiger partial charge in [0.25, 0.3) is 11.6 Å². The van der Waals surface area contributed by atoms with E-state index in [0.717, 1.165) is 12.8 Å². The first-order valence-electron chi connectivity index (χ1n) is 8.44. The largest absolute Gasteiger partial charge is 0.388 e. The molecule has 0 bridgehead atoms. The highest BCUT2D eigenvalue weighted by atomic mass is 16.6. The predicted molar refractivity (Wildman–Crippen MR) is 95.5 cm³/mol. The van der Waals surface area contributed by atoms with Gasteiger partial charge in [-0.3, -0.25) is 19.9 Å². The van der Waals surface area contributed by atoms with Gasteiger partial charge in [-0.05, 0) is 31.0 Å². The summed E-state index contributed by atoms with van der Waals surface area (Å²) in [6, 6.07) is 5.88. The summed E-state index contributed by atoms with van der Waals surface area (Å²) in [5.74, 6) is -0.399. The molecule has 7 nitrogen and oxygen atoms in total. The van der Waals surface area contributed by atoms with E-state index in [2.05, 4.69) is 10.3 Å². The van der Waals surface area contributed by atoms with Gasteiger partial charge >= 0.3 is 0 Å². The quantitative estimate of drug-likeness (QED) is 0.564. The van der Waals surface area contributed by atoms with Crippen molar-refractivity contribution in [3.8, 4) is 0 Å². The Morgan fingerprint density at radius 2 is 1.96 bits per heavy atom. The van der Waals surface area contributed by atoms with E-state index in [1.807, 2.05) is 13.8 Å². The smallest absolute Gasteiger partial charge is 0.278 e. The molecule has 0 aliphatic carbocycles. The van der Waals surface area contributed by atoms with E-state index in [-0.39, 0.29) is 23.3 Å². The second kappa shape index (κ2) is 8.02. The lowest BCUT2D eigenvalue weighted by molar-refractivity contribution is -0.383. The van der Waals surface area contributed by atoms with E-state index in [1.165, 1.54) is 18.3 Å². The molecule has 0 unspecified atom stereocenters. The van der Waals surface area contributed by atoms with Crippen LogP contribution in [0.3, 0.4) is 0 Å². The number of nitrogens with one attached hydrogen (secondary N) is 1. The van der Waals surface area contributed by atoms with E-state index in [9.17, 15) is 20.0 Å². The maximum absolute atomic E-state index is 12.6. The Kier molecular flexibility index (Phi) is 6.03. The molecule has 0 spiro atoms. The molecule has 1 heterocycles. The Balaban J connectivity index is 2.28. The van der Waals surface area contributed by atoms with Crippen molar-refractivity contribution in [3.05, 3.63) is 46.1 Å². The van der Waals surface area contributed by atoms with Gasteiger partial charge in [-0.15, -0.1) is 0 Å². The van der Waals surface area contributed by atoms with Crippen LogP contribution in [0.25, 0.3) is 10.9 Å². The van der Waals surface area contributed by atoms with Gasteiger partial charge in [0.2, 0.25) is 0 Å². The topological polar surface area (TPSA) is 105 Å². The van der Waals surface area contributed by atoms with Gasteiger partial charge in [0.05, 0.1) is 27.0 Å². The molecule has 0 saturated carbocycles. The molecule has 0 saturated heterocycles. The summed E-state index contributed by atoms with van der Waals surface area (Å²) in [7, 11) is 0. The van der Waals surface area contributed by atoms with Gasteiger partial charge < -0.3 is 10.4 Å². The maximum Gasteiger partial charge on any atom is 0.278 e. The monoisotopic (exact) mass is 345 g/mol. The summed E-state index contributed by atoms with van der Waals surface area (Å²) in [4.78, 5) is 27.3. The molecule has 0 fully saturated rings. The van der Waals surface area contributed by atoms with E-state index in [0.29, 0.717) is 18.2 Å². The molecule has 25 heavy (non-hydrogen) atoms. The average Bonchev–Trinajstić information content (AvgIpc) is 2.59. The summed E-state index contributed by atoms with van der Waals surface area (Å²) >= 11 is 0. The summed E-state index contributed by atoms with van der Waals surface area (Å²) in [6.45, 7) is 4.10. The molecular weight excluding hydrogens is 322 g/mol. The fourth-order valence-corrected chi connectivity index (χ4v) is 3.07. The van der Waals surface area contributed by atoms with Crippen molar-refractivity contribution in [1.29, 1.82) is 0 Å². The van der Waals surface area contributed by atoms with Gasteiger partial charge in [0.1, 0.15) is 0 Å². The summed E-state index contributed by atoms with van der Waals surface area (Å²) < 4.78 is 0. The Morgan fingerprint density at radius 1 is 1.28 bits per heavy atom. The van der Waals surface area contributed by atoms with E-state index in [4.69, 9.17) is 0 Å². The van der Waals surface area contributed by atoms with Crippen LogP contribution in [0.1, 0.15) is 49.9 Å². The molecule has 1 amide bonds. The number of pyridine rings is 1. The Hall–Kier alpha value is -2.54. The van der Waals surface area contributed by atoms with Crippen molar-refractivity contribution in [3.63, 3.8) is 0 Å². The van der Waals surface area contributed by atoms with Crippen LogP contribution in [0.4, 0.5) is 5.69 Å². The molecular formula is C18H23N3O4. The molecule has 1 aromatic heterocycles. The molecule has 2 aromatic rings. The minimum Gasteiger partial charge on any atom is -0.388 e. The number of nitro groups is 1. The van der Waals surface area contributed by atoms with Gasteiger partial charge in [0.15, 0.2) is 0 Å². The number of aromatic nitrogens is 1. The summed E-state index contributed by atoms with van der Waals surface area (Å²) in [6.07, 6.45) is 4.32. The van der Waals surface area contributed by atoms with Crippen molar-refractivity contribution < 1.29 is 14.8 Å². The lowest BCUT2D eigenvalue weighted by Gasteiger charge is -2.27. The highest BCUT2D eigenvalue weighted by molar-refractivity contribution is 6.07. The fourth-order valence-electron chi connectivity index (χ4n) is 3.07. The standard InChI is InChI=1S/C18H23N3O4/c1-3-9-18(23,10-4-2)12-20-17(22)14-7-8-15(21(24)25)13-6-5-11-19-16(13)14/h5-8,11,23H,3-4,9-10,12H2,1-2H3,(H,20,22). The Labute approximate surface area is 146 Å². The SMILES string of the molecule is CCCC(O)(CCC)CNC(=O)c1ccc([N+](=O)[O-])c2cccnc12. The minimum absolute atomic E-state index is 0.0897. The number of non-ortho nitro benzene ring substituents is 1. The Morgan fingerprint density at radius 3 is 2.56 bits per heavy atom. The lowest BCUT2D eigenvalue weighted by Crippen LogP contribution is -2.42. The number of nitro benzene ring substituents is 1. The average molecular weight is 345 g/mol. The van der Waals surface area contributed by atoms with Crippen LogP contribution in [0.2, 0.25) is 0 Å². The van der Waals surface area contributed by atoms with E-state index < -0.39 is 16.4 Å². The van der Waals surface area contributed by atoms with E-state index >= 15 is 0 Å². The number of benzene rings is 1. The number of hydrogen-bond acceptors (Lipinski definition) is 5. The van der Waals surface area contributed by atoms with Crippen LogP contribution in [-0.4, -0.2) is 33.1 Å². The molecule has 0 aliphatic rings. The number of aliphatic hydroxyl groups is 1. The normalized spacial score (nSPS) is 11.5. The zero-order valence-corrected chi connectivity index (χ0v) is 14.5. The van der Waals surface area contributed by atoms with Crippen LogP contribution in [0.5, 0.6) is 0 Å². The molecule has 0 atom stereocenters. The Bertz CT molecular complexity index is 770. The van der Waals surface area contributed by atoms with Gasteiger partial charge in [-0.1, -0.05) is 26.7 Å². The zero-order chi connectivity index (χ0) is 18.4. The molecule has 134 valence electrons. The first-order chi connectivity index (χ1) is 11.9.